The molecule has 2 saturated carbocycles. The lowest BCUT2D eigenvalue weighted by atomic mass is 9.48. The van der Waals surface area contributed by atoms with Crippen molar-refractivity contribution in [2.45, 2.75) is 80.7 Å². The second-order valence-electron chi connectivity index (χ2n) is 11.9. The number of phenolic OH excluding ortho intramolecular Hbond substituents is 1. The summed E-state index contributed by atoms with van der Waals surface area (Å²) in [4.78, 5) is 18.0. The van der Waals surface area contributed by atoms with Gasteiger partial charge in [-0.1, -0.05) is 30.3 Å². The Morgan fingerprint density at radius 3 is 2.69 bits per heavy atom. The Kier molecular flexibility index (Phi) is 4.00. The highest BCUT2D eigenvalue weighted by atomic mass is 16.5. The third-order valence-corrected chi connectivity index (χ3v) is 10.3. The molecule has 2 N–H and O–H groups in total. The van der Waals surface area contributed by atoms with E-state index in [4.69, 9.17) is 4.74 Å². The van der Waals surface area contributed by atoms with Gasteiger partial charge in [-0.25, -0.2) is 0 Å². The SMILES string of the molecule is O=C1Cc2ccccc2CN1[C@@H]1CC[C@@]2(O)[C@H]3Cc4ccc(O)c5c4[C@@]2(CCN3CC2CC2)[C@H]1O5. The molecule has 1 saturated heterocycles. The summed E-state index contributed by atoms with van der Waals surface area (Å²) < 4.78 is 6.68. The van der Waals surface area contributed by atoms with Gasteiger partial charge in [0.15, 0.2) is 11.5 Å². The second kappa shape index (κ2) is 6.80. The molecule has 0 unspecified atom stereocenters. The first-order valence-corrected chi connectivity index (χ1v) is 13.3. The molecule has 35 heavy (non-hydrogen) atoms. The number of phenols is 1. The summed E-state index contributed by atoms with van der Waals surface area (Å²) in [5, 5.41) is 23.5. The van der Waals surface area contributed by atoms with Gasteiger partial charge in [0.1, 0.15) is 6.10 Å². The molecule has 6 aliphatic rings. The number of likely N-dealkylation sites (tertiary alicyclic amines) is 1. The summed E-state index contributed by atoms with van der Waals surface area (Å²) in [5.74, 6) is 1.61. The van der Waals surface area contributed by atoms with Crippen LogP contribution < -0.4 is 4.74 Å². The van der Waals surface area contributed by atoms with E-state index in [1.807, 2.05) is 23.1 Å². The van der Waals surface area contributed by atoms with E-state index in [2.05, 4.69) is 17.0 Å². The van der Waals surface area contributed by atoms with Crippen molar-refractivity contribution >= 4 is 5.91 Å². The minimum atomic E-state index is -0.913. The number of fused-ring (bicyclic) bond motifs is 1. The van der Waals surface area contributed by atoms with Crippen molar-refractivity contribution in [1.82, 2.24) is 9.80 Å². The Morgan fingerprint density at radius 2 is 1.86 bits per heavy atom. The van der Waals surface area contributed by atoms with Crippen molar-refractivity contribution in [2.24, 2.45) is 5.92 Å². The molecule has 3 aliphatic heterocycles. The molecule has 6 nitrogen and oxygen atoms in total. The van der Waals surface area contributed by atoms with Gasteiger partial charge < -0.3 is 19.8 Å². The molecule has 1 spiro atoms. The van der Waals surface area contributed by atoms with Crippen LogP contribution in [0.5, 0.6) is 11.5 Å². The standard InChI is InChI=1S/C29H32N2O4/c32-22-8-7-19-13-23-29(34)10-9-21(31-16-20-4-2-1-3-18(20)14-24(31)33)27-28(29,25(19)26(22)35-27)11-12-30(23)15-17-5-6-17/h1-4,7-8,17,21,23,27,32,34H,5-6,9-16H2/t21-,23-,27+,28+,29-/m1/s1. The fourth-order valence-corrected chi connectivity index (χ4v) is 8.50. The number of aromatic hydroxyl groups is 1. The fourth-order valence-electron chi connectivity index (χ4n) is 8.50. The highest BCUT2D eigenvalue weighted by molar-refractivity contribution is 5.81. The quantitative estimate of drug-likeness (QED) is 0.719. The fraction of sp³-hybridized carbons (Fsp3) is 0.552. The summed E-state index contributed by atoms with van der Waals surface area (Å²) >= 11 is 0. The highest BCUT2D eigenvalue weighted by Gasteiger charge is 2.73. The summed E-state index contributed by atoms with van der Waals surface area (Å²) in [7, 11) is 0. The van der Waals surface area contributed by atoms with Crippen LogP contribution in [0.3, 0.4) is 0 Å². The molecule has 3 aliphatic carbocycles. The van der Waals surface area contributed by atoms with Gasteiger partial charge in [-0.3, -0.25) is 9.69 Å². The molecular weight excluding hydrogens is 440 g/mol. The molecule has 2 bridgehead atoms. The van der Waals surface area contributed by atoms with Crippen molar-refractivity contribution in [3.63, 3.8) is 0 Å². The zero-order chi connectivity index (χ0) is 23.5. The zero-order valence-electron chi connectivity index (χ0n) is 19.9. The van der Waals surface area contributed by atoms with Crippen molar-refractivity contribution < 1.29 is 19.7 Å². The van der Waals surface area contributed by atoms with Crippen LogP contribution >= 0.6 is 0 Å². The van der Waals surface area contributed by atoms with Gasteiger partial charge >= 0.3 is 0 Å². The molecular formula is C29H32N2O4. The number of hydrogen-bond donors (Lipinski definition) is 2. The third kappa shape index (κ3) is 2.54. The van der Waals surface area contributed by atoms with E-state index in [1.165, 1.54) is 24.0 Å². The van der Waals surface area contributed by atoms with Gasteiger partial charge in [-0.05, 0) is 73.7 Å². The topological polar surface area (TPSA) is 73.2 Å². The number of nitrogens with zero attached hydrogens (tertiary/aromatic N) is 2. The van der Waals surface area contributed by atoms with Crippen LogP contribution in [0.25, 0.3) is 0 Å². The zero-order valence-corrected chi connectivity index (χ0v) is 19.9. The lowest BCUT2D eigenvalue weighted by molar-refractivity contribution is -0.202. The summed E-state index contributed by atoms with van der Waals surface area (Å²) in [6.07, 6.45) is 5.64. The lowest BCUT2D eigenvalue weighted by Crippen LogP contribution is -2.78. The van der Waals surface area contributed by atoms with Gasteiger partial charge in [0.05, 0.1) is 23.5 Å². The number of piperidine rings is 1. The molecule has 0 radical (unpaired) electrons. The number of carbonyl (C=O) groups excluding carboxylic acids is 1. The van der Waals surface area contributed by atoms with Crippen molar-refractivity contribution in [2.75, 3.05) is 13.1 Å². The molecule has 2 aromatic rings. The number of aliphatic hydroxyl groups is 1. The molecule has 1 amide bonds. The van der Waals surface area contributed by atoms with Gasteiger partial charge in [-0.15, -0.1) is 0 Å². The Morgan fingerprint density at radius 1 is 1.03 bits per heavy atom. The van der Waals surface area contributed by atoms with Gasteiger partial charge in [0.25, 0.3) is 0 Å². The van der Waals surface area contributed by atoms with Crippen molar-refractivity contribution in [3.05, 3.63) is 58.7 Å². The number of benzene rings is 2. The van der Waals surface area contributed by atoms with Crippen LogP contribution in [-0.4, -0.2) is 62.8 Å². The van der Waals surface area contributed by atoms with Crippen molar-refractivity contribution in [3.8, 4) is 11.5 Å². The van der Waals surface area contributed by atoms with E-state index >= 15 is 0 Å². The van der Waals surface area contributed by atoms with Gasteiger partial charge in [0.2, 0.25) is 5.91 Å². The molecule has 182 valence electrons. The Hall–Kier alpha value is -2.57. The maximum atomic E-state index is 13.4. The van der Waals surface area contributed by atoms with E-state index in [1.54, 1.807) is 6.07 Å². The number of carbonyl (C=O) groups is 1. The summed E-state index contributed by atoms with van der Waals surface area (Å²) in [5.41, 5.74) is 3.04. The number of ether oxygens (including phenoxy) is 1. The van der Waals surface area contributed by atoms with Crippen LogP contribution in [0.2, 0.25) is 0 Å². The van der Waals surface area contributed by atoms with Gasteiger partial charge in [-0.2, -0.15) is 0 Å². The van der Waals surface area contributed by atoms with Crippen molar-refractivity contribution in [1.29, 1.82) is 0 Å². The number of hydrogen-bond acceptors (Lipinski definition) is 5. The molecule has 8 rings (SSSR count). The van der Waals surface area contributed by atoms with Crippen LogP contribution in [0.4, 0.5) is 0 Å². The van der Waals surface area contributed by atoms with Crippen LogP contribution in [0, 0.1) is 5.92 Å². The van der Waals surface area contributed by atoms with E-state index in [9.17, 15) is 15.0 Å². The predicted molar refractivity (Wildman–Crippen MR) is 129 cm³/mol. The summed E-state index contributed by atoms with van der Waals surface area (Å²) in [6.45, 7) is 2.58. The average molecular weight is 473 g/mol. The number of rotatable bonds is 3. The maximum absolute atomic E-state index is 13.4. The monoisotopic (exact) mass is 472 g/mol. The average Bonchev–Trinajstić information content (AvgIpc) is 3.59. The van der Waals surface area contributed by atoms with E-state index < -0.39 is 11.0 Å². The van der Waals surface area contributed by atoms with E-state index in [0.717, 1.165) is 43.0 Å². The van der Waals surface area contributed by atoms with Crippen LogP contribution in [-0.2, 0) is 29.6 Å². The van der Waals surface area contributed by atoms with E-state index in [-0.39, 0.29) is 29.8 Å². The Balaban J connectivity index is 1.25. The highest BCUT2D eigenvalue weighted by Crippen LogP contribution is 2.66. The largest absolute Gasteiger partial charge is 0.504 e. The number of amides is 1. The smallest absolute Gasteiger partial charge is 0.227 e. The Labute approximate surface area is 205 Å². The maximum Gasteiger partial charge on any atom is 0.227 e. The second-order valence-corrected chi connectivity index (χ2v) is 11.9. The predicted octanol–water partition coefficient (Wildman–Crippen LogP) is 2.91. The molecule has 2 aromatic carbocycles. The summed E-state index contributed by atoms with van der Waals surface area (Å²) in [6, 6.07) is 11.9. The third-order valence-electron chi connectivity index (χ3n) is 10.3. The lowest BCUT2D eigenvalue weighted by Gasteiger charge is -2.65. The molecule has 5 atom stereocenters. The molecule has 0 aromatic heterocycles. The normalized spacial score (nSPS) is 37.0. The first-order chi connectivity index (χ1) is 17.0. The molecule has 6 heteroatoms. The van der Waals surface area contributed by atoms with E-state index in [0.29, 0.717) is 31.6 Å². The first-order valence-electron chi connectivity index (χ1n) is 13.3. The van der Waals surface area contributed by atoms with Crippen LogP contribution in [0.15, 0.2) is 36.4 Å². The minimum Gasteiger partial charge on any atom is -0.504 e. The molecule has 3 fully saturated rings. The Bertz CT molecular complexity index is 1260. The van der Waals surface area contributed by atoms with Crippen LogP contribution in [0.1, 0.15) is 54.4 Å². The first kappa shape index (κ1) is 20.6. The van der Waals surface area contributed by atoms with Gasteiger partial charge in [0, 0.05) is 24.7 Å². The minimum absolute atomic E-state index is 0.0599. The molecule has 3 heterocycles.